The van der Waals surface area contributed by atoms with Crippen LogP contribution in [0.3, 0.4) is 0 Å². The number of hydrogen-bond donors (Lipinski definition) is 1. The van der Waals surface area contributed by atoms with Gasteiger partial charge in [0.2, 0.25) is 10.0 Å². The molecule has 0 fully saturated rings. The molecule has 0 aliphatic carbocycles. The van der Waals surface area contributed by atoms with E-state index in [9.17, 15) is 17.6 Å². The molecule has 0 bridgehead atoms. The molecule has 22 heavy (non-hydrogen) atoms. The number of sulfonamides is 1. The molecular weight excluding hydrogens is 315 g/mol. The van der Waals surface area contributed by atoms with Crippen LogP contribution in [0, 0.1) is 5.82 Å². The minimum absolute atomic E-state index is 0.0503. The predicted octanol–water partition coefficient (Wildman–Crippen LogP) is 1.26. The van der Waals surface area contributed by atoms with Gasteiger partial charge in [-0.05, 0) is 24.3 Å². The molecule has 0 atom stereocenters. The molecule has 1 aromatic heterocycles. The van der Waals surface area contributed by atoms with Gasteiger partial charge in [0.15, 0.2) is 5.69 Å². The van der Waals surface area contributed by atoms with Crippen LogP contribution in [-0.4, -0.2) is 35.5 Å². The quantitative estimate of drug-likeness (QED) is 0.911. The van der Waals surface area contributed by atoms with Crippen molar-refractivity contribution in [1.29, 1.82) is 0 Å². The minimum Gasteiger partial charge on any atom is -0.476 e. The molecule has 2 heterocycles. The van der Waals surface area contributed by atoms with E-state index in [1.54, 1.807) is 0 Å². The van der Waals surface area contributed by atoms with Crippen molar-refractivity contribution < 1.29 is 27.2 Å². The number of aromatic carboxylic acids is 1. The van der Waals surface area contributed by atoms with Crippen LogP contribution in [0.25, 0.3) is 0 Å². The summed E-state index contributed by atoms with van der Waals surface area (Å²) >= 11 is 0. The van der Waals surface area contributed by atoms with Gasteiger partial charge in [0, 0.05) is 25.1 Å². The summed E-state index contributed by atoms with van der Waals surface area (Å²) in [4.78, 5) is 11.0. The first-order chi connectivity index (χ1) is 10.4. The number of hydrogen-bond acceptors (Lipinski definition) is 5. The van der Waals surface area contributed by atoms with Crippen molar-refractivity contribution in [3.63, 3.8) is 0 Å². The Balaban J connectivity index is 1.95. The summed E-state index contributed by atoms with van der Waals surface area (Å²) in [5.41, 5.74) is -0.0292. The third-order valence-corrected chi connectivity index (χ3v) is 5.31. The van der Waals surface area contributed by atoms with Gasteiger partial charge >= 0.3 is 5.97 Å². The van der Waals surface area contributed by atoms with Gasteiger partial charge in [-0.25, -0.2) is 17.6 Å². The molecule has 0 amide bonds. The predicted molar refractivity (Wildman–Crippen MR) is 71.2 cm³/mol. The maximum Gasteiger partial charge on any atom is 0.358 e. The van der Waals surface area contributed by atoms with E-state index < -0.39 is 21.8 Å². The molecule has 2 aromatic rings. The summed E-state index contributed by atoms with van der Waals surface area (Å²) in [7, 11) is -3.84. The van der Waals surface area contributed by atoms with Gasteiger partial charge in [0.1, 0.15) is 11.6 Å². The highest BCUT2D eigenvalue weighted by atomic mass is 32.2. The Hall–Kier alpha value is -2.26. The van der Waals surface area contributed by atoms with Gasteiger partial charge in [-0.2, -0.15) is 4.31 Å². The van der Waals surface area contributed by atoms with Crippen LogP contribution in [0.15, 0.2) is 33.7 Å². The first-order valence-corrected chi connectivity index (χ1v) is 7.80. The van der Waals surface area contributed by atoms with Gasteiger partial charge < -0.3 is 9.63 Å². The molecule has 7 nitrogen and oxygen atoms in total. The van der Waals surface area contributed by atoms with Crippen LogP contribution in [0.4, 0.5) is 4.39 Å². The lowest BCUT2D eigenvalue weighted by Crippen LogP contribution is -2.36. The molecule has 1 N–H and O–H groups in total. The first kappa shape index (κ1) is 14.7. The largest absolute Gasteiger partial charge is 0.476 e. The minimum atomic E-state index is -3.84. The molecule has 3 rings (SSSR count). The number of rotatable bonds is 3. The van der Waals surface area contributed by atoms with Gasteiger partial charge in [-0.3, -0.25) is 0 Å². The molecule has 0 unspecified atom stereocenters. The van der Waals surface area contributed by atoms with Crippen molar-refractivity contribution in [1.82, 2.24) is 9.46 Å². The van der Waals surface area contributed by atoms with E-state index >= 15 is 0 Å². The first-order valence-electron chi connectivity index (χ1n) is 6.36. The highest BCUT2D eigenvalue weighted by molar-refractivity contribution is 7.89. The Labute approximate surface area is 125 Å². The summed E-state index contributed by atoms with van der Waals surface area (Å²) in [6.45, 7) is 0.00113. The van der Waals surface area contributed by atoms with E-state index in [4.69, 9.17) is 9.63 Å². The SMILES string of the molecule is O=C(O)c1noc2c1CN(S(=O)(=O)c1ccc(F)cc1)CC2. The number of halogens is 1. The average molecular weight is 326 g/mol. The number of benzene rings is 1. The smallest absolute Gasteiger partial charge is 0.358 e. The highest BCUT2D eigenvalue weighted by Gasteiger charge is 2.33. The van der Waals surface area contributed by atoms with E-state index in [1.807, 2.05) is 0 Å². The summed E-state index contributed by atoms with van der Waals surface area (Å²) < 4.78 is 44.0. The Kier molecular flexibility index (Phi) is 3.45. The fourth-order valence-corrected chi connectivity index (χ4v) is 3.72. The van der Waals surface area contributed by atoms with Crippen LogP contribution >= 0.6 is 0 Å². The summed E-state index contributed by atoms with van der Waals surface area (Å²) in [6, 6.07) is 4.46. The fourth-order valence-electron chi connectivity index (χ4n) is 2.31. The summed E-state index contributed by atoms with van der Waals surface area (Å²) in [6.07, 6.45) is 0.232. The number of aromatic nitrogens is 1. The number of carbonyl (C=O) groups is 1. The third-order valence-electron chi connectivity index (χ3n) is 3.45. The Morgan fingerprint density at radius 2 is 2.00 bits per heavy atom. The molecule has 0 radical (unpaired) electrons. The maximum atomic E-state index is 12.9. The Bertz CT molecular complexity index is 829. The summed E-state index contributed by atoms with van der Waals surface area (Å²) in [5, 5.41) is 12.5. The second-order valence-electron chi connectivity index (χ2n) is 4.78. The van der Waals surface area contributed by atoms with Gasteiger partial charge in [-0.1, -0.05) is 5.16 Å². The molecule has 116 valence electrons. The molecule has 1 aliphatic heterocycles. The van der Waals surface area contributed by atoms with E-state index in [1.165, 1.54) is 12.1 Å². The number of carboxylic acid groups (broad SMARTS) is 1. The highest BCUT2D eigenvalue weighted by Crippen LogP contribution is 2.27. The number of fused-ring (bicyclic) bond motifs is 1. The van der Waals surface area contributed by atoms with E-state index in [2.05, 4.69) is 5.16 Å². The monoisotopic (exact) mass is 326 g/mol. The van der Waals surface area contributed by atoms with Crippen LogP contribution in [0.5, 0.6) is 0 Å². The molecular formula is C13H11FN2O5S. The zero-order valence-electron chi connectivity index (χ0n) is 11.2. The van der Waals surface area contributed by atoms with Crippen molar-refractivity contribution in [2.45, 2.75) is 17.9 Å². The van der Waals surface area contributed by atoms with Gasteiger partial charge in [0.25, 0.3) is 0 Å². The van der Waals surface area contributed by atoms with Crippen molar-refractivity contribution in [2.24, 2.45) is 0 Å². The summed E-state index contributed by atoms with van der Waals surface area (Å²) in [5.74, 6) is -1.43. The standard InChI is InChI=1S/C13H11FN2O5S/c14-8-1-3-9(4-2-8)22(19,20)16-6-5-11-10(7-16)12(13(17)18)15-21-11/h1-4H,5-7H2,(H,17,18). The molecule has 0 saturated heterocycles. The maximum absolute atomic E-state index is 12.9. The van der Waals surface area contributed by atoms with Crippen molar-refractivity contribution in [3.8, 4) is 0 Å². The molecule has 9 heteroatoms. The average Bonchev–Trinajstić information content (AvgIpc) is 2.90. The second-order valence-corrected chi connectivity index (χ2v) is 6.72. The van der Waals surface area contributed by atoms with Crippen LogP contribution in [-0.2, 0) is 23.0 Å². The van der Waals surface area contributed by atoms with E-state index in [-0.39, 0.29) is 35.7 Å². The number of nitrogens with zero attached hydrogens (tertiary/aromatic N) is 2. The topological polar surface area (TPSA) is 101 Å². The molecule has 0 spiro atoms. The van der Waals surface area contributed by atoms with Crippen molar-refractivity contribution >= 4 is 16.0 Å². The molecule has 0 saturated carbocycles. The van der Waals surface area contributed by atoms with Crippen LogP contribution in [0.2, 0.25) is 0 Å². The van der Waals surface area contributed by atoms with Gasteiger partial charge in [0.05, 0.1) is 4.90 Å². The Morgan fingerprint density at radius 3 is 2.64 bits per heavy atom. The third kappa shape index (κ3) is 2.38. The van der Waals surface area contributed by atoms with Crippen LogP contribution < -0.4 is 0 Å². The Morgan fingerprint density at radius 1 is 1.32 bits per heavy atom. The van der Waals surface area contributed by atoms with Crippen molar-refractivity contribution in [3.05, 3.63) is 47.1 Å². The lowest BCUT2D eigenvalue weighted by Gasteiger charge is -2.25. The van der Waals surface area contributed by atoms with Crippen molar-refractivity contribution in [2.75, 3.05) is 6.54 Å². The molecule has 1 aromatic carbocycles. The lowest BCUT2D eigenvalue weighted by molar-refractivity contribution is 0.0684. The normalized spacial score (nSPS) is 15.5. The fraction of sp³-hybridized carbons (Fsp3) is 0.231. The van der Waals surface area contributed by atoms with Crippen LogP contribution in [0.1, 0.15) is 21.8 Å². The zero-order valence-corrected chi connectivity index (χ0v) is 12.0. The molecule has 1 aliphatic rings. The second kappa shape index (κ2) is 5.18. The lowest BCUT2D eigenvalue weighted by atomic mass is 10.1. The van der Waals surface area contributed by atoms with E-state index in [0.717, 1.165) is 16.4 Å². The van der Waals surface area contributed by atoms with E-state index in [0.29, 0.717) is 5.76 Å². The van der Waals surface area contributed by atoms with Gasteiger partial charge in [-0.15, -0.1) is 0 Å². The number of carboxylic acids is 1. The zero-order chi connectivity index (χ0) is 15.9.